The van der Waals surface area contributed by atoms with Crippen LogP contribution in [0.1, 0.15) is 32.4 Å². The van der Waals surface area contributed by atoms with Crippen molar-refractivity contribution in [2.75, 3.05) is 0 Å². The SMILES string of the molecule is CC=CCC1CC=C(C)C=C1c1ccccn1. The summed E-state index contributed by atoms with van der Waals surface area (Å²) in [6.45, 7) is 4.24. The average Bonchev–Trinajstić information content (AvgIpc) is 2.38. The normalized spacial score (nSPS) is 20.2. The summed E-state index contributed by atoms with van der Waals surface area (Å²) >= 11 is 0. The van der Waals surface area contributed by atoms with Gasteiger partial charge in [0.15, 0.2) is 0 Å². The minimum Gasteiger partial charge on any atom is -0.257 e. The highest BCUT2D eigenvalue weighted by molar-refractivity contribution is 5.69. The highest BCUT2D eigenvalue weighted by atomic mass is 14.7. The lowest BCUT2D eigenvalue weighted by atomic mass is 9.84. The smallest absolute Gasteiger partial charge is 0.0664 e. The van der Waals surface area contributed by atoms with Crippen molar-refractivity contribution in [3.05, 3.63) is 60.0 Å². The predicted octanol–water partition coefficient (Wildman–Crippen LogP) is 4.40. The molecule has 17 heavy (non-hydrogen) atoms. The van der Waals surface area contributed by atoms with Crippen molar-refractivity contribution in [3.8, 4) is 0 Å². The number of aromatic nitrogens is 1. The molecule has 0 N–H and O–H groups in total. The number of allylic oxidation sites excluding steroid dienone is 6. The van der Waals surface area contributed by atoms with E-state index in [-0.39, 0.29) is 0 Å². The first kappa shape index (κ1) is 11.8. The van der Waals surface area contributed by atoms with E-state index >= 15 is 0 Å². The molecule has 1 aromatic rings. The Balaban J connectivity index is 2.29. The van der Waals surface area contributed by atoms with E-state index in [0.717, 1.165) is 18.5 Å². The van der Waals surface area contributed by atoms with Crippen molar-refractivity contribution in [1.82, 2.24) is 4.98 Å². The minimum absolute atomic E-state index is 0.574. The molecule has 0 bridgehead atoms. The summed E-state index contributed by atoms with van der Waals surface area (Å²) in [5, 5.41) is 0. The molecule has 1 aliphatic rings. The van der Waals surface area contributed by atoms with Crippen molar-refractivity contribution < 1.29 is 0 Å². The number of hydrogen-bond acceptors (Lipinski definition) is 1. The second-order valence-corrected chi connectivity index (χ2v) is 4.50. The van der Waals surface area contributed by atoms with Crippen LogP contribution < -0.4 is 0 Å². The zero-order valence-corrected chi connectivity index (χ0v) is 10.6. The Morgan fingerprint density at radius 1 is 1.41 bits per heavy atom. The molecule has 0 radical (unpaired) electrons. The fourth-order valence-electron chi connectivity index (χ4n) is 2.22. The van der Waals surface area contributed by atoms with E-state index in [2.05, 4.69) is 55.3 Å². The van der Waals surface area contributed by atoms with Gasteiger partial charge in [0.25, 0.3) is 0 Å². The monoisotopic (exact) mass is 225 g/mol. The lowest BCUT2D eigenvalue weighted by Crippen LogP contribution is -2.07. The molecule has 0 spiro atoms. The molecule has 1 aliphatic carbocycles. The van der Waals surface area contributed by atoms with Crippen LogP contribution in [0.5, 0.6) is 0 Å². The fraction of sp³-hybridized carbons (Fsp3) is 0.312. The zero-order chi connectivity index (χ0) is 12.1. The Bertz CT molecular complexity index is 450. The number of rotatable bonds is 3. The van der Waals surface area contributed by atoms with Gasteiger partial charge < -0.3 is 0 Å². The van der Waals surface area contributed by atoms with Gasteiger partial charge >= 0.3 is 0 Å². The van der Waals surface area contributed by atoms with Crippen LogP contribution >= 0.6 is 0 Å². The lowest BCUT2D eigenvalue weighted by Gasteiger charge is -2.21. The van der Waals surface area contributed by atoms with Gasteiger partial charge in [0.1, 0.15) is 0 Å². The molecule has 0 aromatic carbocycles. The van der Waals surface area contributed by atoms with E-state index in [1.54, 1.807) is 0 Å². The van der Waals surface area contributed by atoms with Crippen LogP contribution in [-0.2, 0) is 0 Å². The van der Waals surface area contributed by atoms with Crippen LogP contribution in [0.2, 0.25) is 0 Å². The van der Waals surface area contributed by atoms with Crippen molar-refractivity contribution >= 4 is 5.57 Å². The standard InChI is InChI=1S/C16H19N/c1-3-4-7-14-10-9-13(2)12-15(14)16-8-5-6-11-17-16/h3-6,8-9,11-12,14H,7,10H2,1-2H3. The van der Waals surface area contributed by atoms with E-state index in [0.29, 0.717) is 5.92 Å². The third kappa shape index (κ3) is 2.94. The Labute approximate surface area is 104 Å². The van der Waals surface area contributed by atoms with Gasteiger partial charge in [-0.25, -0.2) is 0 Å². The van der Waals surface area contributed by atoms with Gasteiger partial charge in [0.05, 0.1) is 5.69 Å². The fourth-order valence-corrected chi connectivity index (χ4v) is 2.22. The summed E-state index contributed by atoms with van der Waals surface area (Å²) in [5.41, 5.74) is 3.85. The summed E-state index contributed by atoms with van der Waals surface area (Å²) < 4.78 is 0. The molecule has 1 aromatic heterocycles. The molecule has 1 nitrogen and oxygen atoms in total. The first-order chi connectivity index (χ1) is 8.31. The Hall–Kier alpha value is -1.63. The van der Waals surface area contributed by atoms with Gasteiger partial charge in [-0.05, 0) is 50.3 Å². The second-order valence-electron chi connectivity index (χ2n) is 4.50. The molecule has 1 atom stereocenters. The molecule has 0 fully saturated rings. The topological polar surface area (TPSA) is 12.9 Å². The van der Waals surface area contributed by atoms with Crippen LogP contribution in [-0.4, -0.2) is 4.98 Å². The molecule has 88 valence electrons. The van der Waals surface area contributed by atoms with Crippen molar-refractivity contribution in [1.29, 1.82) is 0 Å². The van der Waals surface area contributed by atoms with E-state index in [9.17, 15) is 0 Å². The van der Waals surface area contributed by atoms with Crippen molar-refractivity contribution in [2.45, 2.75) is 26.7 Å². The quantitative estimate of drug-likeness (QED) is 0.695. The maximum atomic E-state index is 4.48. The van der Waals surface area contributed by atoms with Crippen LogP contribution in [0.3, 0.4) is 0 Å². The highest BCUT2D eigenvalue weighted by Crippen LogP contribution is 2.33. The molecule has 1 heteroatoms. The van der Waals surface area contributed by atoms with Crippen molar-refractivity contribution in [2.24, 2.45) is 5.92 Å². The first-order valence-corrected chi connectivity index (χ1v) is 6.22. The Morgan fingerprint density at radius 3 is 3.00 bits per heavy atom. The van der Waals surface area contributed by atoms with E-state index in [1.807, 2.05) is 12.3 Å². The van der Waals surface area contributed by atoms with Gasteiger partial charge in [0.2, 0.25) is 0 Å². The molecule has 1 heterocycles. The minimum atomic E-state index is 0.574. The molecular formula is C16H19N. The number of pyridine rings is 1. The third-order valence-electron chi connectivity index (χ3n) is 3.16. The molecule has 2 rings (SSSR count). The molecule has 1 unspecified atom stereocenters. The summed E-state index contributed by atoms with van der Waals surface area (Å²) in [5.74, 6) is 0.574. The molecule has 0 saturated carbocycles. The molecule has 0 saturated heterocycles. The van der Waals surface area contributed by atoms with E-state index < -0.39 is 0 Å². The van der Waals surface area contributed by atoms with Gasteiger partial charge in [-0.1, -0.05) is 35.9 Å². The summed E-state index contributed by atoms with van der Waals surface area (Å²) in [6.07, 6.45) is 13.1. The van der Waals surface area contributed by atoms with Gasteiger partial charge in [-0.2, -0.15) is 0 Å². The zero-order valence-electron chi connectivity index (χ0n) is 10.6. The van der Waals surface area contributed by atoms with Crippen LogP contribution in [0, 0.1) is 5.92 Å². The van der Waals surface area contributed by atoms with Crippen LogP contribution in [0.15, 0.2) is 54.3 Å². The summed E-state index contributed by atoms with van der Waals surface area (Å²) in [6, 6.07) is 6.13. The molecule has 0 aliphatic heterocycles. The maximum absolute atomic E-state index is 4.48. The van der Waals surface area contributed by atoms with E-state index in [4.69, 9.17) is 0 Å². The first-order valence-electron chi connectivity index (χ1n) is 6.22. The van der Waals surface area contributed by atoms with Crippen LogP contribution in [0.25, 0.3) is 5.57 Å². The second kappa shape index (κ2) is 5.62. The van der Waals surface area contributed by atoms with E-state index in [1.165, 1.54) is 11.1 Å². The summed E-state index contributed by atoms with van der Waals surface area (Å²) in [7, 11) is 0. The highest BCUT2D eigenvalue weighted by Gasteiger charge is 2.17. The predicted molar refractivity (Wildman–Crippen MR) is 73.5 cm³/mol. The maximum Gasteiger partial charge on any atom is 0.0664 e. The Morgan fingerprint density at radius 2 is 2.29 bits per heavy atom. The van der Waals surface area contributed by atoms with Gasteiger partial charge in [-0.3, -0.25) is 4.98 Å². The lowest BCUT2D eigenvalue weighted by molar-refractivity contribution is 0.682. The third-order valence-corrected chi connectivity index (χ3v) is 3.16. The van der Waals surface area contributed by atoms with Crippen molar-refractivity contribution in [3.63, 3.8) is 0 Å². The largest absolute Gasteiger partial charge is 0.257 e. The summed E-state index contributed by atoms with van der Waals surface area (Å²) in [4.78, 5) is 4.48. The molecule has 0 amide bonds. The van der Waals surface area contributed by atoms with Gasteiger partial charge in [0, 0.05) is 6.20 Å². The average molecular weight is 225 g/mol. The number of hydrogen-bond donors (Lipinski definition) is 0. The Kier molecular flexibility index (Phi) is 3.92. The van der Waals surface area contributed by atoms with Gasteiger partial charge in [-0.15, -0.1) is 0 Å². The van der Waals surface area contributed by atoms with Crippen LogP contribution in [0.4, 0.5) is 0 Å². The molecular weight excluding hydrogens is 206 g/mol. The number of nitrogens with zero attached hydrogens (tertiary/aromatic N) is 1.